The Kier molecular flexibility index (Phi) is 8.36. The number of carbonyl (C=O) groups is 1. The van der Waals surface area contributed by atoms with Crippen molar-refractivity contribution in [1.82, 2.24) is 15.3 Å². The highest BCUT2D eigenvalue weighted by atomic mass is 16.6. The monoisotopic (exact) mass is 500 g/mol. The molecule has 0 saturated carbocycles. The minimum atomic E-state index is -0.529. The first-order valence-corrected chi connectivity index (χ1v) is 12.4. The summed E-state index contributed by atoms with van der Waals surface area (Å²) >= 11 is 0. The largest absolute Gasteiger partial charge is 0.489 e. The van der Waals surface area contributed by atoms with Gasteiger partial charge in [-0.25, -0.2) is 14.8 Å². The summed E-state index contributed by atoms with van der Waals surface area (Å²) in [6, 6.07) is 17.6. The van der Waals surface area contributed by atoms with Crippen LogP contribution >= 0.6 is 0 Å². The third-order valence-electron chi connectivity index (χ3n) is 5.78. The van der Waals surface area contributed by atoms with Crippen molar-refractivity contribution in [2.45, 2.75) is 58.3 Å². The molecule has 0 unspecified atom stereocenters. The van der Waals surface area contributed by atoms with E-state index in [9.17, 15) is 10.1 Å². The van der Waals surface area contributed by atoms with Gasteiger partial charge in [0.05, 0.1) is 24.5 Å². The van der Waals surface area contributed by atoms with Crippen LogP contribution in [0.2, 0.25) is 0 Å². The third kappa shape index (κ3) is 7.76. The predicted molar refractivity (Wildman–Crippen MR) is 139 cm³/mol. The van der Waals surface area contributed by atoms with Gasteiger partial charge in [-0.2, -0.15) is 5.26 Å². The van der Waals surface area contributed by atoms with Gasteiger partial charge in [-0.1, -0.05) is 24.3 Å². The smallest absolute Gasteiger partial charge is 0.407 e. The maximum atomic E-state index is 11.9. The fraction of sp³-hybridized carbons (Fsp3) is 0.379. The summed E-state index contributed by atoms with van der Waals surface area (Å²) in [7, 11) is 0. The molecule has 8 heteroatoms. The van der Waals surface area contributed by atoms with Crippen LogP contribution in [0.3, 0.4) is 0 Å². The lowest BCUT2D eigenvalue weighted by molar-refractivity contribution is 0.0254. The fourth-order valence-electron chi connectivity index (χ4n) is 3.94. The van der Waals surface area contributed by atoms with Crippen LogP contribution < -0.4 is 10.1 Å². The summed E-state index contributed by atoms with van der Waals surface area (Å²) in [5.41, 5.74) is 3.56. The highest BCUT2D eigenvalue weighted by Gasteiger charge is 2.18. The molecule has 1 aromatic heterocycles. The molecule has 192 valence electrons. The lowest BCUT2D eigenvalue weighted by Crippen LogP contribution is -2.32. The van der Waals surface area contributed by atoms with Crippen LogP contribution in [0.4, 0.5) is 4.79 Å². The van der Waals surface area contributed by atoms with E-state index in [0.29, 0.717) is 43.3 Å². The molecule has 1 saturated heterocycles. The molecule has 8 nitrogen and oxygen atoms in total. The first kappa shape index (κ1) is 26.1. The van der Waals surface area contributed by atoms with E-state index in [1.807, 2.05) is 69.3 Å². The number of benzene rings is 2. The third-order valence-corrected chi connectivity index (χ3v) is 5.78. The van der Waals surface area contributed by atoms with E-state index >= 15 is 0 Å². The Hall–Kier alpha value is -3.96. The summed E-state index contributed by atoms with van der Waals surface area (Å²) in [6.45, 7) is 7.24. The molecule has 1 N–H and O–H groups in total. The number of aromatic nitrogens is 2. The van der Waals surface area contributed by atoms with E-state index < -0.39 is 11.7 Å². The topological polar surface area (TPSA) is 106 Å². The van der Waals surface area contributed by atoms with Gasteiger partial charge >= 0.3 is 6.09 Å². The van der Waals surface area contributed by atoms with Gasteiger partial charge in [-0.3, -0.25) is 0 Å². The molecule has 0 spiro atoms. The van der Waals surface area contributed by atoms with E-state index in [1.54, 1.807) is 6.20 Å². The van der Waals surface area contributed by atoms with Crippen LogP contribution in [0.1, 0.15) is 56.1 Å². The number of ether oxygens (including phenoxy) is 3. The van der Waals surface area contributed by atoms with Crippen LogP contribution in [-0.4, -0.2) is 41.0 Å². The van der Waals surface area contributed by atoms with E-state index in [-0.39, 0.29) is 6.10 Å². The number of nitrogens with zero attached hydrogens (tertiary/aromatic N) is 3. The highest BCUT2D eigenvalue weighted by molar-refractivity contribution is 5.67. The van der Waals surface area contributed by atoms with Gasteiger partial charge < -0.3 is 19.5 Å². The van der Waals surface area contributed by atoms with Crippen molar-refractivity contribution in [3.63, 3.8) is 0 Å². The molecule has 0 aliphatic carbocycles. The van der Waals surface area contributed by atoms with Crippen molar-refractivity contribution in [2.75, 3.05) is 13.2 Å². The number of hydrogen-bond acceptors (Lipinski definition) is 7. The Morgan fingerprint density at radius 3 is 2.54 bits per heavy atom. The zero-order valence-corrected chi connectivity index (χ0v) is 21.5. The number of alkyl carbamates (subject to hydrolysis) is 1. The van der Waals surface area contributed by atoms with Crippen molar-refractivity contribution < 1.29 is 19.0 Å². The summed E-state index contributed by atoms with van der Waals surface area (Å²) in [6.07, 6.45) is 3.56. The lowest BCUT2D eigenvalue weighted by atomic mass is 10.1. The van der Waals surface area contributed by atoms with Gasteiger partial charge in [0.15, 0.2) is 0 Å². The molecule has 37 heavy (non-hydrogen) atoms. The van der Waals surface area contributed by atoms with Crippen LogP contribution in [0.25, 0.3) is 11.3 Å². The van der Waals surface area contributed by atoms with Crippen LogP contribution in [-0.2, 0) is 22.4 Å². The van der Waals surface area contributed by atoms with Crippen LogP contribution in [0.5, 0.6) is 5.75 Å². The number of nitriles is 1. The minimum Gasteiger partial charge on any atom is -0.489 e. The Morgan fingerprint density at radius 2 is 1.84 bits per heavy atom. The van der Waals surface area contributed by atoms with E-state index in [1.165, 1.54) is 0 Å². The maximum absolute atomic E-state index is 11.9. The van der Waals surface area contributed by atoms with Crippen molar-refractivity contribution in [3.05, 3.63) is 77.2 Å². The molecule has 2 heterocycles. The first-order valence-electron chi connectivity index (χ1n) is 12.4. The molecule has 1 fully saturated rings. The molecular weight excluding hydrogens is 468 g/mol. The van der Waals surface area contributed by atoms with Gasteiger partial charge in [0.2, 0.25) is 0 Å². The molecule has 4 rings (SSSR count). The highest BCUT2D eigenvalue weighted by Crippen LogP contribution is 2.27. The van der Waals surface area contributed by atoms with Gasteiger partial charge in [-0.05, 0) is 56.2 Å². The van der Waals surface area contributed by atoms with Crippen molar-refractivity contribution in [2.24, 2.45) is 0 Å². The van der Waals surface area contributed by atoms with Gasteiger partial charge in [0, 0.05) is 37.6 Å². The summed E-state index contributed by atoms with van der Waals surface area (Å²) in [5.74, 6) is 1.27. The molecule has 0 radical (unpaired) electrons. The van der Waals surface area contributed by atoms with Gasteiger partial charge in [0.1, 0.15) is 29.3 Å². The second-order valence-electron chi connectivity index (χ2n) is 9.96. The summed E-state index contributed by atoms with van der Waals surface area (Å²) in [4.78, 5) is 21.0. The quantitative estimate of drug-likeness (QED) is 0.476. The summed E-state index contributed by atoms with van der Waals surface area (Å²) in [5, 5.41) is 12.5. The minimum absolute atomic E-state index is 0.0665. The summed E-state index contributed by atoms with van der Waals surface area (Å²) < 4.78 is 16.7. The normalized spacial score (nSPS) is 14.0. The van der Waals surface area contributed by atoms with Crippen molar-refractivity contribution in [1.29, 1.82) is 5.26 Å². The van der Waals surface area contributed by atoms with Gasteiger partial charge in [-0.15, -0.1) is 0 Å². The number of carbonyl (C=O) groups excluding carboxylic acids is 1. The number of hydrogen-bond donors (Lipinski definition) is 1. The van der Waals surface area contributed by atoms with E-state index in [4.69, 9.17) is 19.2 Å². The van der Waals surface area contributed by atoms with E-state index in [0.717, 1.165) is 35.2 Å². The average Bonchev–Trinajstić information content (AvgIpc) is 2.88. The molecule has 1 amide bonds. The zero-order valence-electron chi connectivity index (χ0n) is 21.5. The molecule has 1 aliphatic rings. The van der Waals surface area contributed by atoms with Crippen LogP contribution in [0, 0.1) is 11.3 Å². The zero-order chi connectivity index (χ0) is 26.3. The molecule has 0 atom stereocenters. The number of nitrogens with one attached hydrogen (secondary N) is 1. The second kappa shape index (κ2) is 11.8. The molecule has 0 bridgehead atoms. The number of amides is 1. The SMILES string of the molecule is CC(C)(C)OC(=O)NCc1ccc(Cc2nccc(-c3ccc(OC4CCOCC4)c(C#N)c3)n2)cc1. The average molecular weight is 501 g/mol. The lowest BCUT2D eigenvalue weighted by Gasteiger charge is -2.23. The fourth-order valence-corrected chi connectivity index (χ4v) is 3.94. The molecular formula is C29H32N4O4. The van der Waals surface area contributed by atoms with Crippen LogP contribution in [0.15, 0.2) is 54.7 Å². The standard InChI is InChI=1S/C29H32N4O4/c1-29(2,3)37-28(34)32-19-21-6-4-20(5-7-21)16-27-31-13-10-25(33-27)22-8-9-26(23(17-22)18-30)36-24-11-14-35-15-12-24/h4-10,13,17,24H,11-12,14-16,19H2,1-3H3,(H,32,34). The molecule has 1 aliphatic heterocycles. The molecule has 3 aromatic rings. The Balaban J connectivity index is 1.39. The second-order valence-corrected chi connectivity index (χ2v) is 9.96. The molecule has 2 aromatic carbocycles. The number of rotatable bonds is 7. The first-order chi connectivity index (χ1) is 17.8. The maximum Gasteiger partial charge on any atom is 0.407 e. The Morgan fingerprint density at radius 1 is 1.11 bits per heavy atom. The van der Waals surface area contributed by atoms with Crippen molar-refractivity contribution in [3.8, 4) is 23.1 Å². The Bertz CT molecular complexity index is 1260. The van der Waals surface area contributed by atoms with Gasteiger partial charge in [0.25, 0.3) is 0 Å². The predicted octanol–water partition coefficient (Wildman–Crippen LogP) is 5.19. The van der Waals surface area contributed by atoms with E-state index in [2.05, 4.69) is 16.4 Å². The van der Waals surface area contributed by atoms with Crippen molar-refractivity contribution >= 4 is 6.09 Å². The Labute approximate surface area is 217 Å².